The van der Waals surface area contributed by atoms with Crippen LogP contribution >= 0.6 is 11.6 Å². The summed E-state index contributed by atoms with van der Waals surface area (Å²) in [6.45, 7) is 4.17. The van der Waals surface area contributed by atoms with Gasteiger partial charge in [0, 0.05) is 24.4 Å². The lowest BCUT2D eigenvalue weighted by Crippen LogP contribution is -2.27. The third kappa shape index (κ3) is 6.15. The van der Waals surface area contributed by atoms with Crippen molar-refractivity contribution in [2.45, 2.75) is 58.5 Å². The molecule has 3 aromatic rings. The molecule has 0 atom stereocenters. The lowest BCUT2D eigenvalue weighted by molar-refractivity contribution is -0.286. The highest BCUT2D eigenvalue weighted by Gasteiger charge is 2.43. The molecule has 5 rings (SSSR count). The number of aromatic nitrogens is 2. The number of nitrogens with zero attached hydrogens (tertiary/aromatic N) is 3. The van der Waals surface area contributed by atoms with E-state index in [-0.39, 0.29) is 42.0 Å². The van der Waals surface area contributed by atoms with Crippen LogP contribution in [0.1, 0.15) is 54.4 Å². The van der Waals surface area contributed by atoms with Crippen LogP contribution in [0.4, 0.5) is 14.5 Å². The van der Waals surface area contributed by atoms with Crippen LogP contribution in [0.3, 0.4) is 0 Å². The molecule has 2 aromatic carbocycles. The van der Waals surface area contributed by atoms with Crippen molar-refractivity contribution in [2.75, 3.05) is 18.6 Å². The van der Waals surface area contributed by atoms with Crippen LogP contribution in [0.25, 0.3) is 5.69 Å². The second-order valence-electron chi connectivity index (χ2n) is 10.0. The van der Waals surface area contributed by atoms with Gasteiger partial charge in [-0.15, -0.1) is 8.78 Å². The quantitative estimate of drug-likeness (QED) is 0.294. The lowest BCUT2D eigenvalue weighted by Gasteiger charge is -2.27. The molecule has 1 aromatic heterocycles. The van der Waals surface area contributed by atoms with Crippen molar-refractivity contribution in [3.8, 4) is 17.2 Å². The van der Waals surface area contributed by atoms with Gasteiger partial charge in [-0.05, 0) is 69.9 Å². The fourth-order valence-corrected chi connectivity index (χ4v) is 5.22. The second-order valence-corrected chi connectivity index (χ2v) is 10.4. The molecule has 0 radical (unpaired) electrons. The minimum Gasteiger partial charge on any atom is -0.466 e. The highest BCUT2D eigenvalue weighted by Crippen LogP contribution is 2.43. The van der Waals surface area contributed by atoms with Crippen LogP contribution in [0, 0.1) is 12.8 Å². The van der Waals surface area contributed by atoms with Gasteiger partial charge in [0.05, 0.1) is 47.3 Å². The van der Waals surface area contributed by atoms with Gasteiger partial charge in [-0.1, -0.05) is 17.7 Å². The molecule has 2 heterocycles. The maximum absolute atomic E-state index is 13.4. The number of hydrogen-bond acceptors (Lipinski definition) is 7. The molecule has 218 valence electrons. The maximum Gasteiger partial charge on any atom is 0.586 e. The van der Waals surface area contributed by atoms with Crippen molar-refractivity contribution < 1.29 is 37.3 Å². The van der Waals surface area contributed by atoms with Gasteiger partial charge < -0.3 is 23.8 Å². The molecular weight excluding hydrogens is 560 g/mol. The molecule has 1 aliphatic carbocycles. The van der Waals surface area contributed by atoms with Gasteiger partial charge in [0.15, 0.2) is 11.5 Å². The first kappa shape index (κ1) is 28.8. The fourth-order valence-electron chi connectivity index (χ4n) is 5.04. The first-order valence-electron chi connectivity index (χ1n) is 13.4. The predicted molar refractivity (Wildman–Crippen MR) is 146 cm³/mol. The normalized spacial score (nSPS) is 19.2. The summed E-state index contributed by atoms with van der Waals surface area (Å²) >= 11 is 6.61. The number of alkyl halides is 2. The highest BCUT2D eigenvalue weighted by molar-refractivity contribution is 6.31. The van der Waals surface area contributed by atoms with E-state index in [1.165, 1.54) is 30.1 Å². The number of anilines is 1. The van der Waals surface area contributed by atoms with Crippen LogP contribution < -0.4 is 14.4 Å². The number of carbonyl (C=O) groups is 2. The number of benzene rings is 2. The van der Waals surface area contributed by atoms with Crippen molar-refractivity contribution in [3.63, 3.8) is 0 Å². The fraction of sp³-hybridized carbons (Fsp3) is 0.414. The number of amides is 1. The predicted octanol–water partition coefficient (Wildman–Crippen LogP) is 6.07. The summed E-state index contributed by atoms with van der Waals surface area (Å²) in [6.07, 6.45) is -0.879. The van der Waals surface area contributed by atoms with Crippen LogP contribution in [0.15, 0.2) is 42.5 Å². The van der Waals surface area contributed by atoms with Crippen LogP contribution in [-0.4, -0.2) is 47.7 Å². The third-order valence-corrected chi connectivity index (χ3v) is 7.73. The van der Waals surface area contributed by atoms with Crippen molar-refractivity contribution in [1.82, 2.24) is 9.78 Å². The Morgan fingerprint density at radius 1 is 1.12 bits per heavy atom. The maximum atomic E-state index is 13.4. The summed E-state index contributed by atoms with van der Waals surface area (Å²) in [6, 6.07) is 11.0. The molecule has 1 amide bonds. The Bertz CT molecular complexity index is 1450. The van der Waals surface area contributed by atoms with Gasteiger partial charge in [-0.25, -0.2) is 4.68 Å². The van der Waals surface area contributed by atoms with Crippen molar-refractivity contribution >= 4 is 29.2 Å². The number of carbonyl (C=O) groups excluding carboxylic acids is 2. The largest absolute Gasteiger partial charge is 0.586 e. The Kier molecular flexibility index (Phi) is 8.19. The number of aryl methyl sites for hydroxylation is 1. The number of ether oxygens (including phenoxy) is 4. The van der Waals surface area contributed by atoms with E-state index in [0.717, 1.165) is 12.8 Å². The molecule has 0 unspecified atom stereocenters. The van der Waals surface area contributed by atoms with E-state index in [9.17, 15) is 18.4 Å². The Morgan fingerprint density at radius 2 is 1.85 bits per heavy atom. The summed E-state index contributed by atoms with van der Waals surface area (Å²) in [7, 11) is 1.54. The van der Waals surface area contributed by atoms with Gasteiger partial charge in [-0.3, -0.25) is 9.59 Å². The summed E-state index contributed by atoms with van der Waals surface area (Å²) in [5.41, 5.74) is 2.56. The van der Waals surface area contributed by atoms with Crippen LogP contribution in [0.5, 0.6) is 11.5 Å². The van der Waals surface area contributed by atoms with E-state index in [4.69, 9.17) is 21.1 Å². The lowest BCUT2D eigenvalue weighted by atomic mass is 9.87. The minimum atomic E-state index is -3.75. The highest BCUT2D eigenvalue weighted by atomic mass is 35.5. The average molecular weight is 590 g/mol. The van der Waals surface area contributed by atoms with E-state index >= 15 is 0 Å². The van der Waals surface area contributed by atoms with Crippen molar-refractivity contribution in [2.24, 2.45) is 5.92 Å². The summed E-state index contributed by atoms with van der Waals surface area (Å²) in [5, 5.41) is 5.04. The van der Waals surface area contributed by atoms with Gasteiger partial charge in [0.1, 0.15) is 0 Å². The molecule has 0 spiro atoms. The SMILES string of the molecule is CCOC(=O)C1CCC(OCc2c(Cl)c(C)nn2-c2cccc(C(=O)N(C)c3ccc4c(c3)OC(F)(F)O4)c2)CC1. The van der Waals surface area contributed by atoms with Crippen molar-refractivity contribution in [1.29, 1.82) is 0 Å². The molecule has 12 heteroatoms. The van der Waals surface area contributed by atoms with Gasteiger partial charge >= 0.3 is 12.3 Å². The van der Waals surface area contributed by atoms with E-state index in [1.807, 2.05) is 0 Å². The van der Waals surface area contributed by atoms with Crippen LogP contribution in [0.2, 0.25) is 5.02 Å². The molecule has 2 aliphatic rings. The van der Waals surface area contributed by atoms with Gasteiger partial charge in [0.2, 0.25) is 0 Å². The minimum absolute atomic E-state index is 0.0244. The molecule has 0 N–H and O–H groups in total. The van der Waals surface area contributed by atoms with Gasteiger partial charge in [-0.2, -0.15) is 5.10 Å². The second kappa shape index (κ2) is 11.7. The summed E-state index contributed by atoms with van der Waals surface area (Å²) in [5.74, 6) is -0.870. The Hall–Kier alpha value is -3.70. The average Bonchev–Trinajstić information content (AvgIpc) is 3.44. The molecule has 0 saturated heterocycles. The van der Waals surface area contributed by atoms with Crippen molar-refractivity contribution in [3.05, 3.63) is 64.4 Å². The first-order valence-corrected chi connectivity index (χ1v) is 13.7. The number of rotatable bonds is 8. The molecule has 1 saturated carbocycles. The smallest absolute Gasteiger partial charge is 0.466 e. The van der Waals surface area contributed by atoms with E-state index in [2.05, 4.69) is 14.6 Å². The number of fused-ring (bicyclic) bond motifs is 1. The van der Waals surface area contributed by atoms with E-state index in [1.54, 1.807) is 42.8 Å². The monoisotopic (exact) mass is 589 g/mol. The Balaban J connectivity index is 1.29. The molecule has 0 bridgehead atoms. The van der Waals surface area contributed by atoms with Gasteiger partial charge in [0.25, 0.3) is 5.91 Å². The number of esters is 1. The third-order valence-electron chi connectivity index (χ3n) is 7.24. The summed E-state index contributed by atoms with van der Waals surface area (Å²) < 4.78 is 48.8. The molecule has 1 fully saturated rings. The number of hydrogen-bond donors (Lipinski definition) is 0. The Morgan fingerprint density at radius 3 is 2.59 bits per heavy atom. The standard InChI is InChI=1S/C29H30ClF2N3O6/c1-4-38-28(37)18-8-11-22(12-9-18)39-16-23-26(30)17(2)33-35(23)21-7-5-6-19(14-21)27(36)34(3)20-10-13-24-25(15-20)41-29(31,32)40-24/h5-7,10,13-15,18,22H,4,8-9,11-12,16H2,1-3H3. The van der Waals surface area contributed by atoms with E-state index < -0.39 is 6.29 Å². The zero-order valence-corrected chi connectivity index (χ0v) is 23.6. The molecule has 1 aliphatic heterocycles. The molecule has 9 nitrogen and oxygen atoms in total. The molecule has 41 heavy (non-hydrogen) atoms. The zero-order valence-electron chi connectivity index (χ0n) is 22.9. The van der Waals surface area contributed by atoms with Crippen LogP contribution in [-0.2, 0) is 20.9 Å². The molecular formula is C29H30ClF2N3O6. The topological polar surface area (TPSA) is 92.1 Å². The first-order chi connectivity index (χ1) is 19.6. The Labute approximate surface area is 240 Å². The number of halogens is 3. The van der Waals surface area contributed by atoms with E-state index in [0.29, 0.717) is 52.8 Å². The zero-order chi connectivity index (χ0) is 29.3. The summed E-state index contributed by atoms with van der Waals surface area (Å²) in [4.78, 5) is 26.7.